The van der Waals surface area contributed by atoms with Gasteiger partial charge in [-0.1, -0.05) is 11.6 Å². The molecule has 0 unspecified atom stereocenters. The molecular weight excluding hydrogens is 396 g/mol. The van der Waals surface area contributed by atoms with E-state index in [9.17, 15) is 14.4 Å². The van der Waals surface area contributed by atoms with Crippen LogP contribution in [0.15, 0.2) is 12.5 Å². The number of carbonyl (C=O) groups excluding carboxylic acids is 3. The standard InChI is InChI=1S/C16H17ClN4O7/c1-7(22)25-5-11-13(26-8(2)23)14(27-9(3)24)16(28-11)21-6-18-12-10(21)4-19-20-15(12)17/h4,6,11,13-14,16H,5H2,1-3H3/t11-,13-,14-,16-/m1/s1. The third kappa shape index (κ3) is 4.04. The van der Waals surface area contributed by atoms with E-state index in [0.29, 0.717) is 11.0 Å². The Balaban J connectivity index is 2.01. The second kappa shape index (κ2) is 8.07. The minimum Gasteiger partial charge on any atom is -0.463 e. The van der Waals surface area contributed by atoms with Crippen molar-refractivity contribution < 1.29 is 33.3 Å². The van der Waals surface area contributed by atoms with Crippen LogP contribution in [0.4, 0.5) is 0 Å². The fourth-order valence-electron chi connectivity index (χ4n) is 2.96. The van der Waals surface area contributed by atoms with Crippen LogP contribution in [0.1, 0.15) is 27.0 Å². The van der Waals surface area contributed by atoms with Gasteiger partial charge in [0.05, 0.1) is 18.0 Å². The quantitative estimate of drug-likeness (QED) is 0.513. The lowest BCUT2D eigenvalue weighted by molar-refractivity contribution is -0.166. The molecule has 28 heavy (non-hydrogen) atoms. The van der Waals surface area contributed by atoms with Gasteiger partial charge in [0.25, 0.3) is 0 Å². The van der Waals surface area contributed by atoms with Gasteiger partial charge >= 0.3 is 17.9 Å². The van der Waals surface area contributed by atoms with Crippen LogP contribution in [0.5, 0.6) is 0 Å². The van der Waals surface area contributed by atoms with Gasteiger partial charge in [-0.15, -0.1) is 5.10 Å². The molecule has 1 fully saturated rings. The topological polar surface area (TPSA) is 132 Å². The molecule has 1 saturated heterocycles. The fraction of sp³-hybridized carbons (Fsp3) is 0.500. The molecule has 2 aromatic rings. The summed E-state index contributed by atoms with van der Waals surface area (Å²) in [6, 6.07) is 0. The van der Waals surface area contributed by atoms with Crippen molar-refractivity contribution in [3.63, 3.8) is 0 Å². The van der Waals surface area contributed by atoms with Crippen molar-refractivity contribution in [3.05, 3.63) is 17.7 Å². The Bertz CT molecular complexity index is 918. The van der Waals surface area contributed by atoms with E-state index in [1.165, 1.54) is 37.9 Å². The lowest BCUT2D eigenvalue weighted by atomic mass is 10.1. The minimum atomic E-state index is -1.02. The third-order valence-electron chi connectivity index (χ3n) is 3.97. The van der Waals surface area contributed by atoms with Crippen LogP contribution in [-0.4, -0.2) is 62.6 Å². The molecule has 0 bridgehead atoms. The summed E-state index contributed by atoms with van der Waals surface area (Å²) >= 11 is 6.01. The zero-order valence-electron chi connectivity index (χ0n) is 15.2. The molecule has 0 saturated carbocycles. The number of nitrogens with zero attached hydrogens (tertiary/aromatic N) is 4. The van der Waals surface area contributed by atoms with Crippen LogP contribution in [0.3, 0.4) is 0 Å². The largest absolute Gasteiger partial charge is 0.463 e. The van der Waals surface area contributed by atoms with Crippen LogP contribution in [0.25, 0.3) is 11.0 Å². The Morgan fingerprint density at radius 2 is 1.82 bits per heavy atom. The molecule has 0 aliphatic carbocycles. The third-order valence-corrected chi connectivity index (χ3v) is 4.22. The predicted molar refractivity (Wildman–Crippen MR) is 92.0 cm³/mol. The Morgan fingerprint density at radius 1 is 1.14 bits per heavy atom. The lowest BCUT2D eigenvalue weighted by Crippen LogP contribution is -2.40. The molecule has 3 rings (SSSR count). The average Bonchev–Trinajstić information content (AvgIpc) is 3.16. The molecule has 3 heterocycles. The number of ether oxygens (including phenoxy) is 4. The van der Waals surface area contributed by atoms with E-state index in [-0.39, 0.29) is 11.8 Å². The summed E-state index contributed by atoms with van der Waals surface area (Å²) in [7, 11) is 0. The van der Waals surface area contributed by atoms with E-state index in [1.807, 2.05) is 0 Å². The molecule has 1 aliphatic heterocycles. The summed E-state index contributed by atoms with van der Waals surface area (Å²) < 4.78 is 23.2. The normalized spacial score (nSPS) is 24.1. The molecule has 11 nitrogen and oxygen atoms in total. The Morgan fingerprint density at radius 3 is 2.46 bits per heavy atom. The van der Waals surface area contributed by atoms with Gasteiger partial charge in [0.2, 0.25) is 0 Å². The second-order valence-electron chi connectivity index (χ2n) is 6.04. The van der Waals surface area contributed by atoms with E-state index in [1.54, 1.807) is 0 Å². The maximum Gasteiger partial charge on any atom is 0.303 e. The highest BCUT2D eigenvalue weighted by molar-refractivity contribution is 6.33. The highest BCUT2D eigenvalue weighted by Gasteiger charge is 2.50. The molecule has 1 aliphatic rings. The molecule has 4 atom stereocenters. The molecular formula is C16H17ClN4O7. The van der Waals surface area contributed by atoms with Gasteiger partial charge in [0, 0.05) is 20.8 Å². The molecule has 0 aromatic carbocycles. The van der Waals surface area contributed by atoms with Crippen molar-refractivity contribution in [2.75, 3.05) is 6.61 Å². The maximum atomic E-state index is 11.7. The summed E-state index contributed by atoms with van der Waals surface area (Å²) in [6.07, 6.45) is -0.994. The van der Waals surface area contributed by atoms with Gasteiger partial charge in [0.1, 0.15) is 18.2 Å². The van der Waals surface area contributed by atoms with Crippen molar-refractivity contribution in [1.29, 1.82) is 0 Å². The van der Waals surface area contributed by atoms with Gasteiger partial charge in [-0.25, -0.2) is 4.98 Å². The molecule has 150 valence electrons. The van der Waals surface area contributed by atoms with Crippen LogP contribution >= 0.6 is 11.6 Å². The van der Waals surface area contributed by atoms with E-state index < -0.39 is 42.4 Å². The summed E-state index contributed by atoms with van der Waals surface area (Å²) in [5.74, 6) is -1.75. The minimum absolute atomic E-state index is 0.0892. The van der Waals surface area contributed by atoms with Gasteiger partial charge < -0.3 is 18.9 Å². The first-order chi connectivity index (χ1) is 13.3. The number of fused-ring (bicyclic) bond motifs is 1. The molecule has 0 radical (unpaired) electrons. The van der Waals surface area contributed by atoms with Gasteiger partial charge in [0.15, 0.2) is 23.6 Å². The van der Waals surface area contributed by atoms with E-state index in [2.05, 4.69) is 15.2 Å². The summed E-state index contributed by atoms with van der Waals surface area (Å²) in [4.78, 5) is 38.6. The summed E-state index contributed by atoms with van der Waals surface area (Å²) in [6.45, 7) is 3.47. The zero-order chi connectivity index (χ0) is 20.4. The van der Waals surface area contributed by atoms with Crippen LogP contribution in [0.2, 0.25) is 5.15 Å². The lowest BCUT2D eigenvalue weighted by Gasteiger charge is -2.23. The number of aromatic nitrogens is 4. The molecule has 0 spiro atoms. The van der Waals surface area contributed by atoms with Gasteiger partial charge in [-0.2, -0.15) is 5.10 Å². The highest BCUT2D eigenvalue weighted by atomic mass is 35.5. The van der Waals surface area contributed by atoms with Crippen molar-refractivity contribution in [1.82, 2.24) is 19.7 Å². The van der Waals surface area contributed by atoms with E-state index in [0.717, 1.165) is 0 Å². The fourth-order valence-corrected chi connectivity index (χ4v) is 3.15. The number of hydrogen-bond acceptors (Lipinski definition) is 10. The smallest absolute Gasteiger partial charge is 0.303 e. The van der Waals surface area contributed by atoms with Crippen LogP contribution in [-0.2, 0) is 33.3 Å². The number of imidazole rings is 1. The number of carbonyl (C=O) groups is 3. The number of rotatable bonds is 5. The van der Waals surface area contributed by atoms with Crippen molar-refractivity contribution in [3.8, 4) is 0 Å². The van der Waals surface area contributed by atoms with E-state index >= 15 is 0 Å². The van der Waals surface area contributed by atoms with Crippen molar-refractivity contribution in [2.45, 2.75) is 45.3 Å². The summed E-state index contributed by atoms with van der Waals surface area (Å²) in [5.41, 5.74) is 0.839. The van der Waals surface area contributed by atoms with Gasteiger partial charge in [-0.3, -0.25) is 19.0 Å². The SMILES string of the molecule is CC(=O)OC[C@H]1O[C@@H](n2cnc3c(Cl)nncc32)[C@H](OC(C)=O)[C@@H]1OC(C)=O. The van der Waals surface area contributed by atoms with Crippen LogP contribution in [0, 0.1) is 0 Å². The van der Waals surface area contributed by atoms with Crippen molar-refractivity contribution >= 4 is 40.5 Å². The van der Waals surface area contributed by atoms with Gasteiger partial charge in [-0.05, 0) is 0 Å². The second-order valence-corrected chi connectivity index (χ2v) is 6.39. The first-order valence-corrected chi connectivity index (χ1v) is 8.62. The predicted octanol–water partition coefficient (Wildman–Crippen LogP) is 0.804. The number of esters is 3. The number of halogens is 1. The summed E-state index contributed by atoms with van der Waals surface area (Å²) in [5, 5.41) is 7.60. The Labute approximate surface area is 163 Å². The average molecular weight is 413 g/mol. The van der Waals surface area contributed by atoms with Crippen LogP contribution < -0.4 is 0 Å². The molecule has 0 amide bonds. The Hall–Kier alpha value is -2.79. The first kappa shape index (κ1) is 20.0. The molecule has 12 heteroatoms. The maximum absolute atomic E-state index is 11.7. The molecule has 2 aromatic heterocycles. The zero-order valence-corrected chi connectivity index (χ0v) is 16.0. The monoisotopic (exact) mass is 412 g/mol. The van der Waals surface area contributed by atoms with Crippen molar-refractivity contribution in [2.24, 2.45) is 0 Å². The number of hydrogen-bond donors (Lipinski definition) is 0. The highest BCUT2D eigenvalue weighted by Crippen LogP contribution is 2.36. The van der Waals surface area contributed by atoms with E-state index in [4.69, 9.17) is 30.5 Å². The molecule has 0 N–H and O–H groups in total. The Kier molecular flexibility index (Phi) is 5.75. The first-order valence-electron chi connectivity index (χ1n) is 8.25.